The third-order valence-corrected chi connectivity index (χ3v) is 5.80. The molecule has 2 rings (SSSR count). The molecule has 0 fully saturated rings. The van der Waals surface area contributed by atoms with Crippen molar-refractivity contribution in [2.75, 3.05) is 0 Å². The average molecular weight is 466 g/mol. The average Bonchev–Trinajstić information content (AvgIpc) is 2.54. The Kier molecular flexibility index (Phi) is 6.53. The van der Waals surface area contributed by atoms with E-state index >= 15 is 0 Å². The van der Waals surface area contributed by atoms with Gasteiger partial charge in [-0.25, -0.2) is 12.8 Å². The van der Waals surface area contributed by atoms with Crippen LogP contribution in [0.3, 0.4) is 0 Å². The van der Waals surface area contributed by atoms with Crippen LogP contribution in [0.2, 0.25) is 0 Å². The Labute approximate surface area is 162 Å². The van der Waals surface area contributed by atoms with Crippen LogP contribution in [0.15, 0.2) is 39.7 Å². The molecule has 0 atom stereocenters. The number of hydrogen-bond donors (Lipinski definition) is 1. The molecule has 10 heteroatoms. The Hall–Kier alpha value is -2.07. The van der Waals surface area contributed by atoms with Gasteiger partial charge in [0.2, 0.25) is 15.7 Å². The molecule has 0 aliphatic carbocycles. The molecule has 0 saturated heterocycles. The highest BCUT2D eigenvalue weighted by atomic mass is 79.9. The first kappa shape index (κ1) is 21.2. The maximum absolute atomic E-state index is 13.5. The summed E-state index contributed by atoms with van der Waals surface area (Å²) in [7, 11) is -4.91. The lowest BCUT2D eigenvalue weighted by Crippen LogP contribution is -2.22. The molecule has 2 aromatic rings. The van der Waals surface area contributed by atoms with E-state index in [2.05, 4.69) is 21.2 Å². The minimum absolute atomic E-state index is 0.0555. The first-order valence-electron chi connectivity index (χ1n) is 7.55. The Bertz CT molecular complexity index is 960. The molecular formula is C17H15BrF3NO4S. The smallest absolute Gasteiger partial charge is 0.341 e. The third-order valence-electron chi connectivity index (χ3n) is 3.46. The molecular weight excluding hydrogens is 451 g/mol. The Balaban J connectivity index is 2.54. The standard InChI is InChI=1S/C17H15BrF3NO4S/c1-9-5-11(19)7-12(6-9)26-14-3-4-15(27(24,25)17(20)21)13(16(14)18)8-22-10(2)23/h3-7,17H,8H2,1-2H3,(H,22,23). The topological polar surface area (TPSA) is 72.5 Å². The molecule has 0 saturated carbocycles. The highest BCUT2D eigenvalue weighted by molar-refractivity contribution is 9.10. The molecule has 146 valence electrons. The molecule has 0 heterocycles. The molecule has 0 radical (unpaired) electrons. The summed E-state index contributed by atoms with van der Waals surface area (Å²) in [6.07, 6.45) is 0. The molecule has 0 bridgehead atoms. The highest BCUT2D eigenvalue weighted by Crippen LogP contribution is 2.37. The van der Waals surface area contributed by atoms with Gasteiger partial charge < -0.3 is 10.1 Å². The fourth-order valence-corrected chi connectivity index (χ4v) is 3.96. The number of nitrogens with one attached hydrogen (secondary N) is 1. The minimum atomic E-state index is -4.91. The summed E-state index contributed by atoms with van der Waals surface area (Å²) in [6, 6.07) is 6.10. The predicted octanol–water partition coefficient (Wildman–Crippen LogP) is 4.32. The van der Waals surface area contributed by atoms with Crippen LogP contribution >= 0.6 is 15.9 Å². The highest BCUT2D eigenvalue weighted by Gasteiger charge is 2.31. The lowest BCUT2D eigenvalue weighted by molar-refractivity contribution is -0.119. The summed E-state index contributed by atoms with van der Waals surface area (Å²) in [6.45, 7) is 2.53. The summed E-state index contributed by atoms with van der Waals surface area (Å²) < 4.78 is 69.0. The van der Waals surface area contributed by atoms with Crippen LogP contribution in [-0.4, -0.2) is 20.1 Å². The maximum Gasteiger partial charge on any atom is 0.341 e. The molecule has 1 amide bonds. The fraction of sp³-hybridized carbons (Fsp3) is 0.235. The van der Waals surface area contributed by atoms with Crippen molar-refractivity contribution in [3.05, 3.63) is 51.7 Å². The molecule has 0 spiro atoms. The number of aryl methyl sites for hydroxylation is 1. The van der Waals surface area contributed by atoms with E-state index in [9.17, 15) is 26.4 Å². The van der Waals surface area contributed by atoms with E-state index in [1.165, 1.54) is 19.1 Å². The van der Waals surface area contributed by atoms with E-state index < -0.39 is 32.2 Å². The number of amides is 1. The number of halogens is 4. The van der Waals surface area contributed by atoms with Gasteiger partial charge in [0.25, 0.3) is 0 Å². The molecule has 0 aromatic heterocycles. The van der Waals surface area contributed by atoms with Crippen molar-refractivity contribution in [3.8, 4) is 11.5 Å². The van der Waals surface area contributed by atoms with Gasteiger partial charge in [-0.15, -0.1) is 0 Å². The maximum atomic E-state index is 13.5. The number of benzene rings is 2. The van der Waals surface area contributed by atoms with Gasteiger partial charge in [-0.1, -0.05) is 0 Å². The van der Waals surface area contributed by atoms with E-state index in [1.807, 2.05) is 0 Å². The second-order valence-corrected chi connectivity index (χ2v) is 8.32. The summed E-state index contributed by atoms with van der Waals surface area (Å²) in [5, 5.41) is 2.37. The van der Waals surface area contributed by atoms with Gasteiger partial charge >= 0.3 is 5.76 Å². The van der Waals surface area contributed by atoms with E-state index in [0.29, 0.717) is 5.56 Å². The summed E-state index contributed by atoms with van der Waals surface area (Å²) in [4.78, 5) is 10.5. The summed E-state index contributed by atoms with van der Waals surface area (Å²) in [5.41, 5.74) is 0.493. The molecule has 5 nitrogen and oxygen atoms in total. The number of carbonyl (C=O) groups excluding carboxylic acids is 1. The van der Waals surface area contributed by atoms with Gasteiger partial charge in [0.1, 0.15) is 17.3 Å². The zero-order chi connectivity index (χ0) is 20.4. The van der Waals surface area contributed by atoms with E-state index in [4.69, 9.17) is 4.74 Å². The number of ether oxygens (including phenoxy) is 1. The van der Waals surface area contributed by atoms with Crippen LogP contribution in [-0.2, 0) is 21.2 Å². The van der Waals surface area contributed by atoms with Crippen LogP contribution < -0.4 is 10.1 Å². The number of alkyl halides is 2. The third kappa shape index (κ3) is 5.01. The summed E-state index contributed by atoms with van der Waals surface area (Å²) in [5.74, 6) is -4.42. The van der Waals surface area contributed by atoms with Crippen LogP contribution in [0.25, 0.3) is 0 Å². The van der Waals surface area contributed by atoms with Crippen LogP contribution in [0.4, 0.5) is 13.2 Å². The van der Waals surface area contributed by atoms with Crippen molar-refractivity contribution < 1.29 is 31.1 Å². The SMILES string of the molecule is CC(=O)NCc1c(S(=O)(=O)C(F)F)ccc(Oc2cc(C)cc(F)c2)c1Br. The molecule has 27 heavy (non-hydrogen) atoms. The molecule has 0 aliphatic rings. The lowest BCUT2D eigenvalue weighted by Gasteiger charge is -2.16. The molecule has 0 unspecified atom stereocenters. The molecule has 2 aromatic carbocycles. The second-order valence-electron chi connectivity index (χ2n) is 5.64. The fourth-order valence-electron chi connectivity index (χ4n) is 2.29. The first-order valence-corrected chi connectivity index (χ1v) is 9.89. The van der Waals surface area contributed by atoms with Crippen LogP contribution in [0, 0.1) is 12.7 Å². The Morgan fingerprint density at radius 2 is 1.93 bits per heavy atom. The van der Waals surface area contributed by atoms with Gasteiger partial charge in [-0.3, -0.25) is 4.79 Å². The van der Waals surface area contributed by atoms with E-state index in [0.717, 1.165) is 12.1 Å². The lowest BCUT2D eigenvalue weighted by atomic mass is 10.2. The molecule has 0 aliphatic heterocycles. The second kappa shape index (κ2) is 8.30. The zero-order valence-corrected chi connectivity index (χ0v) is 16.6. The van der Waals surface area contributed by atoms with Gasteiger partial charge in [-0.2, -0.15) is 8.78 Å². The quantitative estimate of drug-likeness (QED) is 0.689. The van der Waals surface area contributed by atoms with Crippen molar-refractivity contribution in [2.24, 2.45) is 0 Å². The predicted molar refractivity (Wildman–Crippen MR) is 96.1 cm³/mol. The van der Waals surface area contributed by atoms with E-state index in [-0.39, 0.29) is 28.1 Å². The van der Waals surface area contributed by atoms with Crippen molar-refractivity contribution in [3.63, 3.8) is 0 Å². The van der Waals surface area contributed by atoms with E-state index in [1.54, 1.807) is 13.0 Å². The monoisotopic (exact) mass is 465 g/mol. The van der Waals surface area contributed by atoms with Crippen molar-refractivity contribution in [1.29, 1.82) is 0 Å². The van der Waals surface area contributed by atoms with Gasteiger partial charge in [0.05, 0.1) is 9.37 Å². The summed E-state index contributed by atoms with van der Waals surface area (Å²) >= 11 is 3.14. The Morgan fingerprint density at radius 3 is 2.48 bits per heavy atom. The largest absolute Gasteiger partial charge is 0.456 e. The van der Waals surface area contributed by atoms with Crippen LogP contribution in [0.1, 0.15) is 18.1 Å². The van der Waals surface area contributed by atoms with Gasteiger partial charge in [0, 0.05) is 25.1 Å². The van der Waals surface area contributed by atoms with Crippen molar-refractivity contribution in [1.82, 2.24) is 5.32 Å². The molecule has 1 N–H and O–H groups in total. The van der Waals surface area contributed by atoms with Gasteiger partial charge in [0.15, 0.2) is 0 Å². The Morgan fingerprint density at radius 1 is 1.26 bits per heavy atom. The normalized spacial score (nSPS) is 11.5. The van der Waals surface area contributed by atoms with Crippen molar-refractivity contribution in [2.45, 2.75) is 31.0 Å². The zero-order valence-electron chi connectivity index (χ0n) is 14.2. The number of carbonyl (C=O) groups is 1. The number of hydrogen-bond acceptors (Lipinski definition) is 4. The number of rotatable bonds is 6. The van der Waals surface area contributed by atoms with Gasteiger partial charge in [-0.05, 0) is 52.7 Å². The van der Waals surface area contributed by atoms with Crippen LogP contribution in [0.5, 0.6) is 11.5 Å². The number of sulfone groups is 1. The van der Waals surface area contributed by atoms with Crippen molar-refractivity contribution >= 4 is 31.7 Å². The first-order chi connectivity index (χ1) is 12.5. The minimum Gasteiger partial charge on any atom is -0.456 e.